The van der Waals surface area contributed by atoms with Gasteiger partial charge in [0.2, 0.25) is 17.7 Å². The van der Waals surface area contributed by atoms with Crippen LogP contribution in [0.2, 0.25) is 0 Å². The van der Waals surface area contributed by atoms with Crippen LogP contribution < -0.4 is 10.6 Å². The number of ether oxygens (including phenoxy) is 1. The van der Waals surface area contributed by atoms with Crippen LogP contribution in [-0.2, 0) is 19.1 Å². The molecule has 2 bridgehead atoms. The fourth-order valence-electron chi connectivity index (χ4n) is 6.83. The summed E-state index contributed by atoms with van der Waals surface area (Å²) >= 11 is 0. The van der Waals surface area contributed by atoms with E-state index in [2.05, 4.69) is 44.9 Å². The highest BCUT2D eigenvalue weighted by Gasteiger charge is 2.72. The lowest BCUT2D eigenvalue weighted by Gasteiger charge is -2.37. The minimum absolute atomic E-state index is 0.0582. The third kappa shape index (κ3) is 4.21. The van der Waals surface area contributed by atoms with Crippen molar-refractivity contribution in [3.05, 3.63) is 54.6 Å². The molecule has 198 valence electrons. The number of likely N-dealkylation sites (tertiary alicyclic amines) is 1. The van der Waals surface area contributed by atoms with E-state index in [4.69, 9.17) is 4.74 Å². The van der Waals surface area contributed by atoms with Gasteiger partial charge < -0.3 is 20.3 Å². The molecule has 3 heterocycles. The second kappa shape index (κ2) is 9.75. The molecule has 0 aromatic heterocycles. The molecule has 7 nitrogen and oxygen atoms in total. The maximum atomic E-state index is 13.8. The molecule has 1 aromatic carbocycles. The summed E-state index contributed by atoms with van der Waals surface area (Å²) in [7, 11) is 0. The van der Waals surface area contributed by atoms with Crippen LogP contribution >= 0.6 is 0 Å². The Morgan fingerprint density at radius 2 is 1.92 bits per heavy atom. The van der Waals surface area contributed by atoms with Crippen molar-refractivity contribution in [2.45, 2.75) is 76.7 Å². The summed E-state index contributed by atoms with van der Waals surface area (Å²) in [6, 6.07) is 6.99. The number of carbonyl (C=O) groups is 3. The summed E-state index contributed by atoms with van der Waals surface area (Å²) in [6.07, 6.45) is 7.94. The molecule has 2 saturated heterocycles. The second-order valence-electron chi connectivity index (χ2n) is 11.6. The molecule has 0 radical (unpaired) electrons. The summed E-state index contributed by atoms with van der Waals surface area (Å²) in [5, 5.41) is 6.24. The topological polar surface area (TPSA) is 87.7 Å². The van der Waals surface area contributed by atoms with Crippen LogP contribution in [0.5, 0.6) is 0 Å². The molecule has 4 aliphatic rings. The van der Waals surface area contributed by atoms with Gasteiger partial charge in [-0.1, -0.05) is 70.9 Å². The third-order valence-electron chi connectivity index (χ3n) is 9.13. The van der Waals surface area contributed by atoms with Crippen molar-refractivity contribution in [3.8, 4) is 0 Å². The van der Waals surface area contributed by atoms with Gasteiger partial charge in [-0.3, -0.25) is 14.4 Å². The molecule has 3 fully saturated rings. The van der Waals surface area contributed by atoms with E-state index in [1.807, 2.05) is 36.4 Å². The van der Waals surface area contributed by atoms with Crippen molar-refractivity contribution in [3.63, 3.8) is 0 Å². The zero-order valence-electron chi connectivity index (χ0n) is 22.3. The van der Waals surface area contributed by atoms with Crippen molar-refractivity contribution < 1.29 is 19.1 Å². The maximum absolute atomic E-state index is 13.8. The molecule has 2 N–H and O–H groups in total. The number of carbonyl (C=O) groups excluding carboxylic acids is 3. The van der Waals surface area contributed by atoms with E-state index in [-0.39, 0.29) is 30.3 Å². The minimum atomic E-state index is -1.15. The zero-order valence-corrected chi connectivity index (χ0v) is 22.3. The predicted octanol–water partition coefficient (Wildman–Crippen LogP) is 4.03. The summed E-state index contributed by atoms with van der Waals surface area (Å²) in [6.45, 7) is 12.7. The summed E-state index contributed by atoms with van der Waals surface area (Å²) < 4.78 is 6.39. The first-order valence-electron chi connectivity index (χ1n) is 13.7. The molecule has 0 unspecified atom stereocenters. The normalized spacial score (nSPS) is 36.1. The zero-order chi connectivity index (χ0) is 26.5. The Bertz CT molecular complexity index is 1110. The van der Waals surface area contributed by atoms with E-state index < -0.39 is 29.6 Å². The highest BCUT2D eigenvalue weighted by molar-refractivity contribution is 6.02. The van der Waals surface area contributed by atoms with Crippen LogP contribution in [0.4, 0.5) is 5.69 Å². The van der Waals surface area contributed by atoms with Gasteiger partial charge in [-0.2, -0.15) is 0 Å². The first kappa shape index (κ1) is 25.7. The van der Waals surface area contributed by atoms with Crippen LogP contribution in [0.15, 0.2) is 49.1 Å². The van der Waals surface area contributed by atoms with Crippen molar-refractivity contribution >= 4 is 23.4 Å². The van der Waals surface area contributed by atoms with Crippen molar-refractivity contribution in [2.75, 3.05) is 11.9 Å². The van der Waals surface area contributed by atoms with Gasteiger partial charge in [0, 0.05) is 18.3 Å². The van der Waals surface area contributed by atoms with Gasteiger partial charge in [0.05, 0.1) is 17.9 Å². The van der Waals surface area contributed by atoms with Gasteiger partial charge in [-0.15, -0.1) is 6.58 Å². The van der Waals surface area contributed by atoms with Crippen LogP contribution in [-0.4, -0.2) is 53.0 Å². The predicted molar refractivity (Wildman–Crippen MR) is 143 cm³/mol. The number of nitrogens with one attached hydrogen (secondary N) is 2. The summed E-state index contributed by atoms with van der Waals surface area (Å²) in [5.74, 6) is -0.887. The number of hydrogen-bond acceptors (Lipinski definition) is 4. The fourth-order valence-corrected chi connectivity index (χ4v) is 6.83. The van der Waals surface area contributed by atoms with Crippen molar-refractivity contribution in [1.82, 2.24) is 10.2 Å². The van der Waals surface area contributed by atoms with E-state index in [0.29, 0.717) is 23.4 Å². The Balaban J connectivity index is 1.40. The number of hydrogen-bond donors (Lipinski definition) is 2. The minimum Gasteiger partial charge on any atom is -0.359 e. The van der Waals surface area contributed by atoms with Crippen molar-refractivity contribution in [2.24, 2.45) is 23.7 Å². The molecule has 3 amide bonds. The monoisotopic (exact) mass is 505 g/mol. The molecular formula is C30H39N3O4. The number of nitrogens with zero attached hydrogens (tertiary/aromatic N) is 1. The van der Waals surface area contributed by atoms with E-state index in [0.717, 1.165) is 19.3 Å². The largest absolute Gasteiger partial charge is 0.359 e. The Hall–Kier alpha value is -2.93. The van der Waals surface area contributed by atoms with Crippen LogP contribution in [0.25, 0.3) is 0 Å². The lowest BCUT2D eigenvalue weighted by atomic mass is 9.73. The number of benzene rings is 1. The number of rotatable bonds is 7. The lowest BCUT2D eigenvalue weighted by Crippen LogP contribution is -2.57. The summed E-state index contributed by atoms with van der Waals surface area (Å²) in [5.41, 5.74) is 0.713. The van der Waals surface area contributed by atoms with Gasteiger partial charge in [0.1, 0.15) is 11.6 Å². The average Bonchev–Trinajstić information content (AvgIpc) is 3.50. The van der Waals surface area contributed by atoms with E-state index in [9.17, 15) is 14.4 Å². The molecule has 1 aromatic rings. The van der Waals surface area contributed by atoms with Crippen LogP contribution in [0.3, 0.4) is 0 Å². The number of amides is 3. The Morgan fingerprint density at radius 3 is 2.59 bits per heavy atom. The van der Waals surface area contributed by atoms with Gasteiger partial charge in [-0.25, -0.2) is 0 Å². The first-order chi connectivity index (χ1) is 17.7. The molecule has 37 heavy (non-hydrogen) atoms. The molecule has 7 heteroatoms. The van der Waals surface area contributed by atoms with Gasteiger partial charge in [-0.05, 0) is 41.9 Å². The number of anilines is 1. The smallest absolute Gasteiger partial charge is 0.246 e. The summed E-state index contributed by atoms with van der Waals surface area (Å²) in [4.78, 5) is 42.7. The Labute approximate surface area is 219 Å². The van der Waals surface area contributed by atoms with Crippen molar-refractivity contribution in [1.29, 1.82) is 0 Å². The third-order valence-corrected chi connectivity index (χ3v) is 9.13. The molecule has 5 rings (SSSR count). The van der Waals surface area contributed by atoms with E-state index in [1.54, 1.807) is 11.0 Å². The van der Waals surface area contributed by atoms with Gasteiger partial charge >= 0.3 is 0 Å². The molecule has 8 atom stereocenters. The molecule has 1 aliphatic carbocycles. The number of fused-ring (bicyclic) bond motifs is 1. The maximum Gasteiger partial charge on any atom is 0.246 e. The standard InChI is InChI=1S/C30H39N3O4/c1-6-16-33-26(28(35)32-22-9-7-8-18(4)19(22)5)30-15-14-23(37-30)24(25(30)29(33)36)27(34)31-21-12-10-20(11-13-21)17(2)3/h6,10-15,17-19,22-26H,1,7-9,16H2,2-5H3,(H,31,34)(H,32,35)/t18-,19-,22-,23+,24-,25+,26+,30+/m1/s1. The quantitative estimate of drug-likeness (QED) is 0.548. The highest BCUT2D eigenvalue weighted by atomic mass is 16.5. The lowest BCUT2D eigenvalue weighted by molar-refractivity contribution is -0.141. The van der Waals surface area contributed by atoms with Crippen LogP contribution in [0, 0.1) is 23.7 Å². The first-order valence-corrected chi connectivity index (χ1v) is 13.7. The SMILES string of the molecule is C=CCN1C(=O)[C@@H]2[C@H](C(=O)Nc3ccc(C(C)C)cc3)[C@@H]3C=C[C@@]2(O3)[C@@H]1C(=O)N[C@@H]1CCC[C@@H](C)[C@H]1C. The second-order valence-corrected chi connectivity index (χ2v) is 11.6. The Morgan fingerprint density at radius 1 is 1.19 bits per heavy atom. The van der Waals surface area contributed by atoms with Gasteiger partial charge in [0.25, 0.3) is 0 Å². The van der Waals surface area contributed by atoms with E-state index >= 15 is 0 Å². The fraction of sp³-hybridized carbons (Fsp3) is 0.567. The molecule has 1 spiro atoms. The molecule has 3 aliphatic heterocycles. The highest BCUT2D eigenvalue weighted by Crippen LogP contribution is 2.55. The molecular weight excluding hydrogens is 466 g/mol. The van der Waals surface area contributed by atoms with E-state index in [1.165, 1.54) is 5.56 Å². The van der Waals surface area contributed by atoms with Crippen LogP contribution in [0.1, 0.15) is 58.4 Å². The van der Waals surface area contributed by atoms with Gasteiger partial charge in [0.15, 0.2) is 0 Å². The average molecular weight is 506 g/mol. The molecule has 1 saturated carbocycles. The Kier molecular flexibility index (Phi) is 6.77.